The zero-order valence-corrected chi connectivity index (χ0v) is 16.1. The number of thiazole rings is 1. The van der Waals surface area contributed by atoms with E-state index in [-0.39, 0.29) is 0 Å². The van der Waals surface area contributed by atoms with Gasteiger partial charge in [-0.2, -0.15) is 0 Å². The van der Waals surface area contributed by atoms with Crippen LogP contribution in [-0.2, 0) is 11.3 Å². The summed E-state index contributed by atoms with van der Waals surface area (Å²) in [5.41, 5.74) is 1.11. The molecule has 2 heterocycles. The molecule has 0 atom stereocenters. The number of guanidine groups is 1. The Balaban J connectivity index is 1.72. The van der Waals surface area contributed by atoms with E-state index < -0.39 is 0 Å². The molecule has 24 heavy (non-hydrogen) atoms. The molecule has 7 heteroatoms. The number of aryl methyl sites for hydroxylation is 1. The van der Waals surface area contributed by atoms with Gasteiger partial charge in [0.1, 0.15) is 0 Å². The predicted molar refractivity (Wildman–Crippen MR) is 101 cm³/mol. The summed E-state index contributed by atoms with van der Waals surface area (Å²) in [4.78, 5) is 13.9. The van der Waals surface area contributed by atoms with Crippen molar-refractivity contribution in [3.63, 3.8) is 0 Å². The zero-order valence-electron chi connectivity index (χ0n) is 15.3. The van der Waals surface area contributed by atoms with Gasteiger partial charge in [0.15, 0.2) is 5.96 Å². The second-order valence-electron chi connectivity index (χ2n) is 6.11. The first-order valence-corrected chi connectivity index (χ1v) is 9.77. The van der Waals surface area contributed by atoms with E-state index in [2.05, 4.69) is 39.5 Å². The van der Waals surface area contributed by atoms with Crippen LogP contribution in [0.3, 0.4) is 0 Å². The molecule has 1 saturated heterocycles. The number of aliphatic imine (C=N–C) groups is 1. The number of morpholine rings is 1. The van der Waals surface area contributed by atoms with Gasteiger partial charge in [-0.15, -0.1) is 11.3 Å². The quantitative estimate of drug-likeness (QED) is 0.440. The topological polar surface area (TPSA) is 53.0 Å². The van der Waals surface area contributed by atoms with Crippen LogP contribution in [-0.4, -0.2) is 73.7 Å². The van der Waals surface area contributed by atoms with E-state index in [4.69, 9.17) is 9.73 Å². The molecule has 0 saturated carbocycles. The second kappa shape index (κ2) is 10.6. The number of nitrogens with one attached hydrogen (secondary N) is 1. The lowest BCUT2D eigenvalue weighted by atomic mass is 10.3. The summed E-state index contributed by atoms with van der Waals surface area (Å²) in [6.07, 6.45) is 2.31. The van der Waals surface area contributed by atoms with Crippen LogP contribution < -0.4 is 5.32 Å². The normalized spacial score (nSPS) is 16.4. The summed E-state index contributed by atoms with van der Waals surface area (Å²) < 4.78 is 5.38. The summed E-state index contributed by atoms with van der Waals surface area (Å²) in [6, 6.07) is 0. The highest BCUT2D eigenvalue weighted by atomic mass is 32.1. The van der Waals surface area contributed by atoms with Crippen LogP contribution >= 0.6 is 11.3 Å². The van der Waals surface area contributed by atoms with Crippen LogP contribution in [0.25, 0.3) is 0 Å². The third-order valence-corrected chi connectivity index (χ3v) is 4.83. The summed E-state index contributed by atoms with van der Waals surface area (Å²) in [6.45, 7) is 11.8. The minimum Gasteiger partial charge on any atom is -0.379 e. The Labute approximate surface area is 149 Å². The van der Waals surface area contributed by atoms with Gasteiger partial charge in [0, 0.05) is 38.6 Å². The largest absolute Gasteiger partial charge is 0.379 e. The minimum atomic E-state index is 0.796. The maximum atomic E-state index is 5.38. The van der Waals surface area contributed by atoms with Gasteiger partial charge in [0.05, 0.1) is 30.5 Å². The molecule has 1 N–H and O–H groups in total. The van der Waals surface area contributed by atoms with Crippen molar-refractivity contribution in [3.8, 4) is 0 Å². The van der Waals surface area contributed by atoms with Crippen molar-refractivity contribution in [2.75, 3.05) is 53.0 Å². The standard InChI is InChI=1S/C17H31N5OS/c1-4-18-17(21(3)13-16-14-24-15(2)20-16)19-7-5-6-8-22-9-11-23-12-10-22/h14H,4-13H2,1-3H3,(H,18,19). The van der Waals surface area contributed by atoms with Gasteiger partial charge in [-0.05, 0) is 33.2 Å². The third-order valence-electron chi connectivity index (χ3n) is 4.01. The van der Waals surface area contributed by atoms with Crippen molar-refractivity contribution in [3.05, 3.63) is 16.1 Å². The van der Waals surface area contributed by atoms with Gasteiger partial charge in [-0.3, -0.25) is 9.89 Å². The molecule has 0 radical (unpaired) electrons. The fourth-order valence-corrected chi connectivity index (χ4v) is 3.33. The van der Waals surface area contributed by atoms with Gasteiger partial charge in [0.25, 0.3) is 0 Å². The lowest BCUT2D eigenvalue weighted by Gasteiger charge is -2.26. The first-order chi connectivity index (χ1) is 11.7. The first-order valence-electron chi connectivity index (χ1n) is 8.89. The number of rotatable bonds is 8. The fraction of sp³-hybridized carbons (Fsp3) is 0.765. The molecular formula is C17H31N5OS. The summed E-state index contributed by atoms with van der Waals surface area (Å²) >= 11 is 1.70. The van der Waals surface area contributed by atoms with E-state index in [0.717, 1.165) is 75.6 Å². The van der Waals surface area contributed by atoms with Crippen LogP contribution in [0.15, 0.2) is 10.4 Å². The van der Waals surface area contributed by atoms with Crippen LogP contribution in [0.2, 0.25) is 0 Å². The molecule has 0 aliphatic carbocycles. The van der Waals surface area contributed by atoms with Crippen molar-refractivity contribution < 1.29 is 4.74 Å². The second-order valence-corrected chi connectivity index (χ2v) is 7.17. The van der Waals surface area contributed by atoms with E-state index in [1.54, 1.807) is 11.3 Å². The average molecular weight is 354 g/mol. The maximum Gasteiger partial charge on any atom is 0.194 e. The average Bonchev–Trinajstić information content (AvgIpc) is 2.99. The molecule has 0 unspecified atom stereocenters. The van der Waals surface area contributed by atoms with Crippen LogP contribution in [0.4, 0.5) is 0 Å². The Morgan fingerprint density at radius 1 is 1.42 bits per heavy atom. The summed E-state index contributed by atoms with van der Waals surface area (Å²) in [5.74, 6) is 0.967. The Morgan fingerprint density at radius 3 is 2.88 bits per heavy atom. The molecule has 6 nitrogen and oxygen atoms in total. The molecular weight excluding hydrogens is 322 g/mol. The Kier molecular flexibility index (Phi) is 8.49. The zero-order chi connectivity index (χ0) is 17.2. The van der Waals surface area contributed by atoms with Crippen LogP contribution in [0, 0.1) is 6.92 Å². The van der Waals surface area contributed by atoms with Crippen molar-refractivity contribution in [1.29, 1.82) is 0 Å². The number of hydrogen-bond donors (Lipinski definition) is 1. The third kappa shape index (κ3) is 6.75. The summed E-state index contributed by atoms with van der Waals surface area (Å²) in [7, 11) is 2.07. The molecule has 1 aliphatic heterocycles. The lowest BCUT2D eigenvalue weighted by molar-refractivity contribution is 0.0373. The highest BCUT2D eigenvalue weighted by Crippen LogP contribution is 2.10. The van der Waals surface area contributed by atoms with Crippen LogP contribution in [0.1, 0.15) is 30.5 Å². The maximum absolute atomic E-state index is 5.38. The number of ether oxygens (including phenoxy) is 1. The summed E-state index contributed by atoms with van der Waals surface area (Å²) in [5, 5.41) is 6.61. The van der Waals surface area contributed by atoms with E-state index in [9.17, 15) is 0 Å². The van der Waals surface area contributed by atoms with E-state index >= 15 is 0 Å². The van der Waals surface area contributed by atoms with Gasteiger partial charge >= 0.3 is 0 Å². The molecule has 0 bridgehead atoms. The van der Waals surface area contributed by atoms with E-state index in [0.29, 0.717) is 0 Å². The van der Waals surface area contributed by atoms with Gasteiger partial charge in [0.2, 0.25) is 0 Å². The van der Waals surface area contributed by atoms with Crippen molar-refractivity contribution in [1.82, 2.24) is 20.1 Å². The first kappa shape index (κ1) is 19.1. The minimum absolute atomic E-state index is 0.796. The Hall–Kier alpha value is -1.18. The molecule has 1 aliphatic rings. The SMILES string of the molecule is CCNC(=NCCCCN1CCOCC1)N(C)Cc1csc(C)n1. The Morgan fingerprint density at radius 2 is 2.21 bits per heavy atom. The predicted octanol–water partition coefficient (Wildman–Crippen LogP) is 1.96. The lowest BCUT2D eigenvalue weighted by Crippen LogP contribution is -2.38. The molecule has 0 amide bonds. The van der Waals surface area contributed by atoms with Gasteiger partial charge < -0.3 is 15.0 Å². The molecule has 0 aromatic carbocycles. The smallest absolute Gasteiger partial charge is 0.194 e. The van der Waals surface area contributed by atoms with E-state index in [1.165, 1.54) is 6.42 Å². The number of nitrogens with zero attached hydrogens (tertiary/aromatic N) is 4. The molecule has 0 spiro atoms. The highest BCUT2D eigenvalue weighted by Gasteiger charge is 2.10. The molecule has 1 aromatic heterocycles. The molecule has 1 aromatic rings. The molecule has 136 valence electrons. The van der Waals surface area contributed by atoms with Gasteiger partial charge in [-0.1, -0.05) is 0 Å². The van der Waals surface area contributed by atoms with Crippen molar-refractivity contribution in [2.45, 2.75) is 33.2 Å². The van der Waals surface area contributed by atoms with Crippen molar-refractivity contribution >= 4 is 17.3 Å². The number of hydrogen-bond acceptors (Lipinski definition) is 5. The van der Waals surface area contributed by atoms with Crippen LogP contribution in [0.5, 0.6) is 0 Å². The number of aromatic nitrogens is 1. The fourth-order valence-electron chi connectivity index (χ4n) is 2.73. The Bertz CT molecular complexity index is 499. The highest BCUT2D eigenvalue weighted by molar-refractivity contribution is 7.09. The monoisotopic (exact) mass is 353 g/mol. The van der Waals surface area contributed by atoms with Gasteiger partial charge in [-0.25, -0.2) is 4.98 Å². The molecule has 1 fully saturated rings. The van der Waals surface area contributed by atoms with E-state index in [1.807, 2.05) is 6.92 Å². The van der Waals surface area contributed by atoms with Crippen molar-refractivity contribution in [2.24, 2.45) is 4.99 Å². The molecule has 2 rings (SSSR count). The number of unbranched alkanes of at least 4 members (excludes halogenated alkanes) is 1.